The molecule has 2 atom stereocenters. The third-order valence-corrected chi connectivity index (χ3v) is 3.89. The quantitative estimate of drug-likeness (QED) is 0.849. The standard InChI is InChI=1S/C13H20N4O3/c1-4-9-11(18)15-13(3,5-2)12(19)17(9)7-6-10-14-8-20-16-10/h8-9H,4-7H2,1-3H3,(H,15,18). The Morgan fingerprint density at radius 3 is 2.75 bits per heavy atom. The third kappa shape index (κ3) is 2.52. The van der Waals surface area contributed by atoms with Gasteiger partial charge in [0.1, 0.15) is 11.6 Å². The summed E-state index contributed by atoms with van der Waals surface area (Å²) in [5.41, 5.74) is -0.819. The van der Waals surface area contributed by atoms with E-state index >= 15 is 0 Å². The summed E-state index contributed by atoms with van der Waals surface area (Å²) in [6.45, 7) is 5.97. The molecule has 7 heteroatoms. The number of carbonyl (C=O) groups excluding carboxylic acids is 2. The smallest absolute Gasteiger partial charge is 0.248 e. The molecule has 1 fully saturated rings. The summed E-state index contributed by atoms with van der Waals surface area (Å²) < 4.78 is 4.67. The van der Waals surface area contributed by atoms with Crippen LogP contribution >= 0.6 is 0 Å². The zero-order chi connectivity index (χ0) is 14.8. The van der Waals surface area contributed by atoms with Gasteiger partial charge < -0.3 is 14.7 Å². The molecular weight excluding hydrogens is 260 g/mol. The van der Waals surface area contributed by atoms with E-state index in [1.807, 2.05) is 13.8 Å². The average Bonchev–Trinajstić information content (AvgIpc) is 2.94. The van der Waals surface area contributed by atoms with Crippen molar-refractivity contribution in [2.45, 2.75) is 51.6 Å². The maximum absolute atomic E-state index is 12.6. The molecule has 0 radical (unpaired) electrons. The van der Waals surface area contributed by atoms with Gasteiger partial charge in [-0.2, -0.15) is 4.98 Å². The minimum atomic E-state index is -0.819. The molecule has 2 unspecified atom stereocenters. The highest BCUT2D eigenvalue weighted by atomic mass is 16.5. The lowest BCUT2D eigenvalue weighted by Crippen LogP contribution is -2.69. The minimum Gasteiger partial charge on any atom is -0.343 e. The number of aromatic nitrogens is 2. The molecular formula is C13H20N4O3. The lowest BCUT2D eigenvalue weighted by molar-refractivity contribution is -0.154. The first kappa shape index (κ1) is 14.5. The molecule has 1 saturated heterocycles. The summed E-state index contributed by atoms with van der Waals surface area (Å²) in [7, 11) is 0. The first-order valence-electron chi connectivity index (χ1n) is 6.90. The van der Waals surface area contributed by atoms with Gasteiger partial charge in [0, 0.05) is 13.0 Å². The first-order valence-corrected chi connectivity index (χ1v) is 6.90. The fourth-order valence-corrected chi connectivity index (χ4v) is 2.43. The number of nitrogens with zero attached hydrogens (tertiary/aromatic N) is 3. The van der Waals surface area contributed by atoms with E-state index in [0.717, 1.165) is 0 Å². The van der Waals surface area contributed by atoms with E-state index in [-0.39, 0.29) is 11.8 Å². The fourth-order valence-electron chi connectivity index (χ4n) is 2.43. The van der Waals surface area contributed by atoms with Crippen molar-refractivity contribution in [3.05, 3.63) is 12.2 Å². The monoisotopic (exact) mass is 280 g/mol. The Morgan fingerprint density at radius 2 is 2.20 bits per heavy atom. The molecule has 1 N–H and O–H groups in total. The van der Waals surface area contributed by atoms with Crippen LogP contribution in [0.3, 0.4) is 0 Å². The Labute approximate surface area is 117 Å². The molecule has 0 saturated carbocycles. The maximum atomic E-state index is 12.6. The predicted molar refractivity (Wildman–Crippen MR) is 70.6 cm³/mol. The molecule has 1 aromatic rings. The van der Waals surface area contributed by atoms with Crippen LogP contribution in [0.2, 0.25) is 0 Å². The van der Waals surface area contributed by atoms with Crippen LogP contribution in [0.5, 0.6) is 0 Å². The first-order chi connectivity index (χ1) is 9.51. The van der Waals surface area contributed by atoms with Crippen molar-refractivity contribution in [1.82, 2.24) is 20.4 Å². The summed E-state index contributed by atoms with van der Waals surface area (Å²) in [6, 6.07) is -0.422. The molecule has 2 heterocycles. The van der Waals surface area contributed by atoms with Crippen molar-refractivity contribution >= 4 is 11.8 Å². The van der Waals surface area contributed by atoms with Crippen LogP contribution < -0.4 is 5.32 Å². The maximum Gasteiger partial charge on any atom is 0.248 e. The van der Waals surface area contributed by atoms with Crippen molar-refractivity contribution in [2.24, 2.45) is 0 Å². The molecule has 0 aliphatic carbocycles. The fraction of sp³-hybridized carbons (Fsp3) is 0.692. The van der Waals surface area contributed by atoms with Crippen LogP contribution in [0.4, 0.5) is 0 Å². The molecule has 7 nitrogen and oxygen atoms in total. The van der Waals surface area contributed by atoms with Crippen LogP contribution in [0.1, 0.15) is 39.4 Å². The van der Waals surface area contributed by atoms with Crippen molar-refractivity contribution < 1.29 is 14.1 Å². The van der Waals surface area contributed by atoms with Crippen molar-refractivity contribution in [2.75, 3.05) is 6.54 Å². The Bertz CT molecular complexity index is 488. The zero-order valence-electron chi connectivity index (χ0n) is 12.0. The summed E-state index contributed by atoms with van der Waals surface area (Å²) in [5.74, 6) is 0.399. The van der Waals surface area contributed by atoms with Gasteiger partial charge in [-0.15, -0.1) is 0 Å². The number of rotatable bonds is 5. The molecule has 0 aromatic carbocycles. The summed E-state index contributed by atoms with van der Waals surface area (Å²) >= 11 is 0. The van der Waals surface area contributed by atoms with Crippen LogP contribution in [0.25, 0.3) is 0 Å². The predicted octanol–water partition coefficient (Wildman–Crippen LogP) is 0.518. The van der Waals surface area contributed by atoms with E-state index < -0.39 is 11.6 Å². The Kier molecular flexibility index (Phi) is 4.06. The second-order valence-corrected chi connectivity index (χ2v) is 5.19. The van der Waals surface area contributed by atoms with Crippen LogP contribution in [0.15, 0.2) is 10.9 Å². The van der Waals surface area contributed by atoms with Gasteiger partial charge in [-0.3, -0.25) is 9.59 Å². The van der Waals surface area contributed by atoms with Gasteiger partial charge in [-0.1, -0.05) is 19.0 Å². The van der Waals surface area contributed by atoms with Gasteiger partial charge in [0.15, 0.2) is 5.82 Å². The van der Waals surface area contributed by atoms with Crippen molar-refractivity contribution in [3.8, 4) is 0 Å². The summed E-state index contributed by atoms with van der Waals surface area (Å²) in [6.07, 6.45) is 2.88. The minimum absolute atomic E-state index is 0.0463. The number of carbonyl (C=O) groups is 2. The molecule has 0 bridgehead atoms. The number of hydrogen-bond donors (Lipinski definition) is 1. The van der Waals surface area contributed by atoms with Crippen LogP contribution in [-0.4, -0.2) is 45.0 Å². The molecule has 110 valence electrons. The zero-order valence-corrected chi connectivity index (χ0v) is 12.0. The Balaban J connectivity index is 2.16. The third-order valence-electron chi connectivity index (χ3n) is 3.89. The molecule has 0 spiro atoms. The van der Waals surface area contributed by atoms with Gasteiger partial charge >= 0.3 is 0 Å². The highest BCUT2D eigenvalue weighted by Crippen LogP contribution is 2.23. The largest absolute Gasteiger partial charge is 0.343 e. The van der Waals surface area contributed by atoms with Crippen molar-refractivity contribution in [3.63, 3.8) is 0 Å². The summed E-state index contributed by atoms with van der Waals surface area (Å²) in [4.78, 5) is 30.3. The van der Waals surface area contributed by atoms with E-state index in [1.54, 1.807) is 11.8 Å². The molecule has 20 heavy (non-hydrogen) atoms. The van der Waals surface area contributed by atoms with E-state index in [0.29, 0.717) is 31.6 Å². The topological polar surface area (TPSA) is 88.3 Å². The molecule has 1 aromatic heterocycles. The lowest BCUT2D eigenvalue weighted by Gasteiger charge is -2.43. The Hall–Kier alpha value is -1.92. The number of piperazine rings is 1. The average molecular weight is 280 g/mol. The number of nitrogens with one attached hydrogen (secondary N) is 1. The molecule has 1 aliphatic rings. The Morgan fingerprint density at radius 1 is 1.45 bits per heavy atom. The highest BCUT2D eigenvalue weighted by Gasteiger charge is 2.46. The normalized spacial score (nSPS) is 26.8. The van der Waals surface area contributed by atoms with Gasteiger partial charge in [-0.25, -0.2) is 0 Å². The molecule has 2 amide bonds. The van der Waals surface area contributed by atoms with Crippen LogP contribution in [-0.2, 0) is 16.0 Å². The van der Waals surface area contributed by atoms with Crippen molar-refractivity contribution in [1.29, 1.82) is 0 Å². The van der Waals surface area contributed by atoms with E-state index in [4.69, 9.17) is 0 Å². The molecule has 2 rings (SSSR count). The summed E-state index contributed by atoms with van der Waals surface area (Å²) in [5, 5.41) is 6.56. The van der Waals surface area contributed by atoms with Gasteiger partial charge in [0.05, 0.1) is 0 Å². The number of amides is 2. The second kappa shape index (κ2) is 5.60. The second-order valence-electron chi connectivity index (χ2n) is 5.19. The molecule has 1 aliphatic heterocycles. The van der Waals surface area contributed by atoms with Gasteiger partial charge in [-0.05, 0) is 19.8 Å². The SMILES string of the molecule is CCC1C(=O)NC(C)(CC)C(=O)N1CCc1ncon1. The highest BCUT2D eigenvalue weighted by molar-refractivity contribution is 5.99. The van der Waals surface area contributed by atoms with Gasteiger partial charge in [0.2, 0.25) is 18.2 Å². The van der Waals surface area contributed by atoms with E-state index in [2.05, 4.69) is 20.0 Å². The lowest BCUT2D eigenvalue weighted by atomic mass is 9.91. The van der Waals surface area contributed by atoms with E-state index in [9.17, 15) is 9.59 Å². The van der Waals surface area contributed by atoms with E-state index in [1.165, 1.54) is 6.39 Å². The van der Waals surface area contributed by atoms with Crippen LogP contribution in [0, 0.1) is 0 Å². The van der Waals surface area contributed by atoms with Gasteiger partial charge in [0.25, 0.3) is 0 Å². The number of hydrogen-bond acceptors (Lipinski definition) is 5.